The first-order chi connectivity index (χ1) is 29.4. The molecule has 8 atom stereocenters. The minimum Gasteiger partial charge on any atom is -0.508 e. The predicted molar refractivity (Wildman–Crippen MR) is 220 cm³/mol. The molecule has 13 N–H and O–H groups in total. The number of nitrogens with one attached hydrogen (secondary N) is 8. The highest BCUT2D eigenvalue weighted by Gasteiger charge is 2.41. The number of phenolic OH excluding ortho intramolecular Hbond substituents is 1. The summed E-state index contributed by atoms with van der Waals surface area (Å²) in [5, 5.41) is 48.2. The van der Waals surface area contributed by atoms with Crippen LogP contribution in [0.25, 0.3) is 10.9 Å². The average Bonchev–Trinajstić information content (AvgIpc) is 3.87. The fourth-order valence-electron chi connectivity index (χ4n) is 7.51. The van der Waals surface area contributed by atoms with Gasteiger partial charge in [-0.1, -0.05) is 34.1 Å². The molecule has 2 fully saturated rings. The molecule has 9 amide bonds. The van der Waals surface area contributed by atoms with Crippen molar-refractivity contribution in [2.24, 2.45) is 17.6 Å². The number of carbonyl (C=O) groups is 9. The van der Waals surface area contributed by atoms with Gasteiger partial charge in [0.15, 0.2) is 0 Å². The van der Waals surface area contributed by atoms with Gasteiger partial charge in [-0.15, -0.1) is 0 Å². The maximum absolute atomic E-state index is 14.3. The lowest BCUT2D eigenvalue weighted by atomic mass is 9.94. The second-order valence-electron chi connectivity index (χ2n) is 15.6. The summed E-state index contributed by atoms with van der Waals surface area (Å²) in [4.78, 5) is 125. The minimum atomic E-state index is -1.64. The van der Waals surface area contributed by atoms with E-state index in [1.807, 2.05) is 6.92 Å². The van der Waals surface area contributed by atoms with Gasteiger partial charge in [-0.05, 0) is 42.9 Å². The summed E-state index contributed by atoms with van der Waals surface area (Å²) in [7, 11) is 0. The highest BCUT2D eigenvalue weighted by Crippen LogP contribution is 2.27. The Labute approximate surface area is 357 Å². The van der Waals surface area contributed by atoms with Crippen molar-refractivity contribution in [3.05, 3.63) is 29.5 Å². The van der Waals surface area contributed by atoms with Crippen LogP contribution in [0.1, 0.15) is 64.6 Å². The molecule has 62 heavy (non-hydrogen) atoms. The Bertz CT molecular complexity index is 2020. The number of primary amides is 1. The van der Waals surface area contributed by atoms with E-state index >= 15 is 0 Å². The zero-order valence-corrected chi connectivity index (χ0v) is 35.2. The number of amides is 9. The number of benzene rings is 1. The highest BCUT2D eigenvalue weighted by molar-refractivity contribution is 5.99. The molecule has 0 radical (unpaired) electrons. The Kier molecular flexibility index (Phi) is 17.2. The number of nitrogens with two attached hydrogens (primary N) is 1. The first kappa shape index (κ1) is 48.4. The predicted octanol–water partition coefficient (Wildman–Crippen LogP) is -3.82. The topological polar surface area (TPSA) is 344 Å². The summed E-state index contributed by atoms with van der Waals surface area (Å²) >= 11 is 0. The van der Waals surface area contributed by atoms with E-state index in [0.717, 1.165) is 15.8 Å². The molecule has 0 spiro atoms. The number of aliphatic hydroxyl groups excluding tert-OH is 2. The van der Waals surface area contributed by atoms with Crippen LogP contribution in [0.15, 0.2) is 18.2 Å². The monoisotopic (exact) mass is 870 g/mol. The summed E-state index contributed by atoms with van der Waals surface area (Å²) in [5.74, 6) is -9.40. The smallest absolute Gasteiger partial charge is 0.246 e. The molecular formula is C40H58N10O12. The zero-order chi connectivity index (χ0) is 45.8. The number of fused-ring (bicyclic) bond motifs is 2. The number of aromatic nitrogens is 1. The van der Waals surface area contributed by atoms with Crippen molar-refractivity contribution in [3.8, 4) is 5.75 Å². The second-order valence-corrected chi connectivity index (χ2v) is 15.6. The molecule has 22 heteroatoms. The molecule has 1 unspecified atom stereocenters. The first-order valence-electron chi connectivity index (χ1n) is 20.6. The molecule has 2 saturated heterocycles. The van der Waals surface area contributed by atoms with Crippen molar-refractivity contribution in [1.29, 1.82) is 0 Å². The summed E-state index contributed by atoms with van der Waals surface area (Å²) < 4.78 is 0. The van der Waals surface area contributed by atoms with E-state index in [4.69, 9.17) is 5.73 Å². The molecule has 0 bridgehead atoms. The maximum Gasteiger partial charge on any atom is 0.246 e. The number of carbonyl (C=O) groups excluding carboxylic acids is 9. The van der Waals surface area contributed by atoms with Gasteiger partial charge >= 0.3 is 0 Å². The number of hydrogen-bond acceptors (Lipinski definition) is 12. The molecule has 4 rings (SSSR count). The summed E-state index contributed by atoms with van der Waals surface area (Å²) in [5.41, 5.74) is 7.32. The van der Waals surface area contributed by atoms with Crippen LogP contribution in [0.5, 0.6) is 5.75 Å². The van der Waals surface area contributed by atoms with Gasteiger partial charge in [0, 0.05) is 41.5 Å². The normalized spacial score (nSPS) is 24.5. The number of aryl methyl sites for hydroxylation is 1. The van der Waals surface area contributed by atoms with Crippen LogP contribution in [0.4, 0.5) is 0 Å². The Morgan fingerprint density at radius 2 is 1.47 bits per heavy atom. The van der Waals surface area contributed by atoms with Crippen LogP contribution in [-0.4, -0.2) is 147 Å². The van der Waals surface area contributed by atoms with Gasteiger partial charge in [0.05, 0.1) is 38.8 Å². The summed E-state index contributed by atoms with van der Waals surface area (Å²) in [6.07, 6.45) is -1.17. The lowest BCUT2D eigenvalue weighted by molar-refractivity contribution is -0.144. The van der Waals surface area contributed by atoms with Crippen LogP contribution in [0.3, 0.4) is 0 Å². The number of aromatic amines is 1. The van der Waals surface area contributed by atoms with Crippen molar-refractivity contribution < 1.29 is 58.5 Å². The number of rotatable bonds is 10. The third kappa shape index (κ3) is 12.4. The van der Waals surface area contributed by atoms with Crippen LogP contribution >= 0.6 is 0 Å². The van der Waals surface area contributed by atoms with E-state index in [-0.39, 0.29) is 25.1 Å². The molecule has 1 aromatic heterocycles. The Morgan fingerprint density at radius 3 is 2.11 bits per heavy atom. The van der Waals surface area contributed by atoms with E-state index in [1.54, 1.807) is 19.9 Å². The standard InChI is InChI=1S/C40H58N10O12/c1-5-19(3)34-38(60)44-17-32(56)46-26(13-25-22(6-2)23-10-9-21(52)12-24(23)45-25)36(58)47-27(14-30(41)54)40(62)50-11-7-8-28(50)37(59)49-35(20(4)29(53)18-51)39(61)43-15-31(55)42-16-33(57)48-34/h9-10,12,19-20,26-29,34-35,45,51-53H,5-8,11,13-18H2,1-4H3,(H2,41,54)(H,42,55)(H,43,61)(H,44,60)(H,46,56)(H,47,58)(H,48,57)(H,49,59)/t19-,20-,26?,27-,28-,29-,34-,35-/m0/s1. The van der Waals surface area contributed by atoms with Crippen molar-refractivity contribution in [1.82, 2.24) is 47.1 Å². The van der Waals surface area contributed by atoms with Crippen LogP contribution < -0.4 is 43.0 Å². The van der Waals surface area contributed by atoms with Crippen molar-refractivity contribution in [2.45, 2.75) is 103 Å². The van der Waals surface area contributed by atoms with Crippen LogP contribution in [0.2, 0.25) is 0 Å². The zero-order valence-electron chi connectivity index (χ0n) is 35.2. The second kappa shape index (κ2) is 22.0. The lowest BCUT2D eigenvalue weighted by Gasteiger charge is -2.32. The van der Waals surface area contributed by atoms with Gasteiger partial charge in [0.1, 0.15) is 36.0 Å². The number of aromatic hydroxyl groups is 1. The Morgan fingerprint density at radius 1 is 0.823 bits per heavy atom. The van der Waals surface area contributed by atoms with Gasteiger partial charge in [-0.25, -0.2) is 0 Å². The molecule has 0 saturated carbocycles. The van der Waals surface area contributed by atoms with Gasteiger partial charge in [0.2, 0.25) is 53.2 Å². The molecular weight excluding hydrogens is 812 g/mol. The largest absolute Gasteiger partial charge is 0.508 e. The summed E-state index contributed by atoms with van der Waals surface area (Å²) in [6.45, 7) is 3.91. The van der Waals surface area contributed by atoms with Crippen molar-refractivity contribution >= 4 is 64.1 Å². The molecule has 340 valence electrons. The molecule has 0 aliphatic carbocycles. The van der Waals surface area contributed by atoms with E-state index in [1.165, 1.54) is 19.1 Å². The van der Waals surface area contributed by atoms with Gasteiger partial charge in [-0.2, -0.15) is 0 Å². The van der Waals surface area contributed by atoms with Crippen LogP contribution in [-0.2, 0) is 56.0 Å². The number of H-pyrrole nitrogens is 1. The van der Waals surface area contributed by atoms with Gasteiger partial charge < -0.3 is 68.2 Å². The van der Waals surface area contributed by atoms with E-state index in [2.05, 4.69) is 42.2 Å². The fraction of sp³-hybridized carbons (Fsp3) is 0.575. The number of aliphatic hydroxyl groups is 2. The third-order valence-electron chi connectivity index (χ3n) is 11.3. The van der Waals surface area contributed by atoms with Crippen molar-refractivity contribution in [2.75, 3.05) is 32.8 Å². The number of phenols is 1. The van der Waals surface area contributed by atoms with Gasteiger partial charge in [0.25, 0.3) is 0 Å². The van der Waals surface area contributed by atoms with Gasteiger partial charge in [-0.3, -0.25) is 43.2 Å². The van der Waals surface area contributed by atoms with E-state index in [0.29, 0.717) is 30.5 Å². The minimum absolute atomic E-state index is 0.0131. The van der Waals surface area contributed by atoms with Crippen molar-refractivity contribution in [3.63, 3.8) is 0 Å². The Hall–Kier alpha value is -6.29. The van der Waals surface area contributed by atoms with E-state index < -0.39 is 134 Å². The first-order valence-corrected chi connectivity index (χ1v) is 20.6. The number of nitrogens with zero attached hydrogens (tertiary/aromatic N) is 1. The SMILES string of the molecule is CCc1c(CC2NC(=O)CNC(=O)[C@H]([C@@H](C)CC)NC(=O)CNC(=O)CNC(=O)[C@H]([C@@H](C)[C@@H](O)CO)NC(=O)[C@@H]3CCCN3C(=O)[C@H](CC(N)=O)NC2=O)[nH]c2cc(O)ccc12. The quantitative estimate of drug-likeness (QED) is 0.109. The third-order valence-corrected chi connectivity index (χ3v) is 11.3. The highest BCUT2D eigenvalue weighted by atomic mass is 16.3. The molecule has 2 aromatic rings. The fourth-order valence-corrected chi connectivity index (χ4v) is 7.51. The molecule has 1 aromatic carbocycles. The van der Waals surface area contributed by atoms with Crippen LogP contribution in [0, 0.1) is 11.8 Å². The average molecular weight is 871 g/mol. The Balaban J connectivity index is 1.74. The molecule has 22 nitrogen and oxygen atoms in total. The van der Waals surface area contributed by atoms with E-state index in [9.17, 15) is 58.5 Å². The molecule has 2 aliphatic rings. The number of hydrogen-bond donors (Lipinski definition) is 12. The molecule has 2 aliphatic heterocycles. The lowest BCUT2D eigenvalue weighted by Crippen LogP contribution is -2.60. The maximum atomic E-state index is 14.3. The summed E-state index contributed by atoms with van der Waals surface area (Å²) in [6, 6.07) is -2.39. The molecule has 3 heterocycles.